The van der Waals surface area contributed by atoms with Gasteiger partial charge in [-0.3, -0.25) is 4.79 Å². The van der Waals surface area contributed by atoms with Gasteiger partial charge in [0, 0.05) is 21.8 Å². The van der Waals surface area contributed by atoms with E-state index in [-0.39, 0.29) is 12.5 Å². The van der Waals surface area contributed by atoms with Gasteiger partial charge in [-0.05, 0) is 47.7 Å². The number of rotatable bonds is 3. The largest absolute Gasteiger partial charge is 0.355 e. The van der Waals surface area contributed by atoms with Crippen molar-refractivity contribution in [3.8, 4) is 17.3 Å². The Morgan fingerprint density at radius 3 is 2.88 bits per heavy atom. The predicted molar refractivity (Wildman–Crippen MR) is 101 cm³/mol. The van der Waals surface area contributed by atoms with Crippen molar-refractivity contribution in [3.63, 3.8) is 0 Å². The van der Waals surface area contributed by atoms with Crippen LogP contribution in [0, 0.1) is 11.3 Å². The lowest BCUT2D eigenvalue weighted by Gasteiger charge is -2.32. The van der Waals surface area contributed by atoms with Crippen LogP contribution in [-0.2, 0) is 15.1 Å². The fourth-order valence-electron chi connectivity index (χ4n) is 3.42. The first-order valence-corrected chi connectivity index (χ1v) is 9.26. The molecule has 0 spiro atoms. The second-order valence-corrected chi connectivity index (χ2v) is 7.10. The Labute approximate surface area is 155 Å². The number of hydrogen-bond donors (Lipinski definition) is 2. The zero-order valence-corrected chi connectivity index (χ0v) is 15.0. The second kappa shape index (κ2) is 6.45. The van der Waals surface area contributed by atoms with Crippen molar-refractivity contribution in [1.29, 1.82) is 5.26 Å². The van der Waals surface area contributed by atoms with Gasteiger partial charge in [-0.15, -0.1) is 11.3 Å². The van der Waals surface area contributed by atoms with Crippen LogP contribution in [-0.4, -0.2) is 17.5 Å². The number of nitrogens with one attached hydrogen (secondary N) is 2. The van der Waals surface area contributed by atoms with E-state index >= 15 is 0 Å². The number of carbonyl (C=O) groups excluding carboxylic acids is 1. The Morgan fingerprint density at radius 2 is 2.19 bits per heavy atom. The molecule has 0 bridgehead atoms. The Balaban J connectivity index is 1.91. The van der Waals surface area contributed by atoms with Gasteiger partial charge in [0.05, 0.1) is 0 Å². The normalized spacial score (nSPS) is 19.3. The summed E-state index contributed by atoms with van der Waals surface area (Å²) in [7, 11) is 0. The van der Waals surface area contributed by atoms with E-state index in [1.165, 1.54) is 0 Å². The number of thiophene rings is 1. The summed E-state index contributed by atoms with van der Waals surface area (Å²) in [6.07, 6.45) is 0.701. The average Bonchev–Trinajstić information content (AvgIpc) is 3.33. The Morgan fingerprint density at radius 1 is 1.31 bits per heavy atom. The average molecular weight is 363 g/mol. The summed E-state index contributed by atoms with van der Waals surface area (Å²) in [4.78, 5) is 16.3. The van der Waals surface area contributed by atoms with Gasteiger partial charge in [0.15, 0.2) is 0 Å². The molecule has 0 saturated heterocycles. The van der Waals surface area contributed by atoms with Gasteiger partial charge in [0.25, 0.3) is 0 Å². The first-order chi connectivity index (χ1) is 12.7. The zero-order chi connectivity index (χ0) is 18.1. The van der Waals surface area contributed by atoms with E-state index in [1.54, 1.807) is 17.4 Å². The molecule has 1 aliphatic rings. The molecule has 4 rings (SSSR count). The maximum Gasteiger partial charge on any atom is 0.250 e. The molecule has 0 unspecified atom stereocenters. The van der Waals surface area contributed by atoms with Crippen molar-refractivity contribution in [2.75, 3.05) is 11.9 Å². The number of benzene rings is 1. The molecule has 26 heavy (non-hydrogen) atoms. The molecule has 3 aromatic rings. The van der Waals surface area contributed by atoms with Gasteiger partial charge in [0.1, 0.15) is 24.0 Å². The topological polar surface area (TPSA) is 77.9 Å². The summed E-state index contributed by atoms with van der Waals surface area (Å²) in [5.41, 5.74) is 3.33. The summed E-state index contributed by atoms with van der Waals surface area (Å²) >= 11 is 1.62. The van der Waals surface area contributed by atoms with Gasteiger partial charge in [0.2, 0.25) is 5.91 Å². The van der Waals surface area contributed by atoms with Gasteiger partial charge < -0.3 is 15.0 Å². The van der Waals surface area contributed by atoms with Crippen molar-refractivity contribution in [3.05, 3.63) is 64.0 Å². The highest BCUT2D eigenvalue weighted by Crippen LogP contribution is 2.45. The monoisotopic (exact) mass is 363 g/mol. The first-order valence-electron chi connectivity index (χ1n) is 8.38. The molecule has 0 saturated carbocycles. The molecule has 6 heteroatoms. The third kappa shape index (κ3) is 2.62. The number of anilines is 1. The molecular formula is C20H17N3O2S. The van der Waals surface area contributed by atoms with Gasteiger partial charge in [-0.2, -0.15) is 5.26 Å². The van der Waals surface area contributed by atoms with Crippen LogP contribution in [0.4, 0.5) is 5.69 Å². The molecule has 0 fully saturated rings. The van der Waals surface area contributed by atoms with Crippen LogP contribution in [0.5, 0.6) is 0 Å². The molecular weight excluding hydrogens is 346 g/mol. The van der Waals surface area contributed by atoms with E-state index in [1.807, 2.05) is 41.8 Å². The van der Waals surface area contributed by atoms with Crippen molar-refractivity contribution in [2.24, 2.45) is 0 Å². The first kappa shape index (κ1) is 16.6. The number of ether oxygens (including phenoxy) is 1. The number of amides is 1. The lowest BCUT2D eigenvalue weighted by Crippen LogP contribution is -2.30. The minimum atomic E-state index is -0.677. The summed E-state index contributed by atoms with van der Waals surface area (Å²) in [5, 5.41) is 14.0. The van der Waals surface area contributed by atoms with Crippen molar-refractivity contribution >= 4 is 22.9 Å². The Hall–Kier alpha value is -2.88. The minimum Gasteiger partial charge on any atom is -0.355 e. The standard InChI is InChI=1S/C20H17N3O2S/c1-2-20(18-4-3-9-26-18)15-10-13(16-8-6-14(11-21)22-16)5-7-17(15)23-19(24)12-25-20/h3-10,22H,2,12H2,1H3,(H,23,24)/t20-/m1/s1. The lowest BCUT2D eigenvalue weighted by atomic mass is 9.86. The van der Waals surface area contributed by atoms with E-state index in [0.717, 1.165) is 27.4 Å². The summed E-state index contributed by atoms with van der Waals surface area (Å²) in [6, 6.07) is 15.7. The van der Waals surface area contributed by atoms with Crippen LogP contribution < -0.4 is 5.32 Å². The van der Waals surface area contributed by atoms with Gasteiger partial charge in [-0.25, -0.2) is 0 Å². The number of nitrogens with zero attached hydrogens (tertiary/aromatic N) is 1. The van der Waals surface area contributed by atoms with Gasteiger partial charge >= 0.3 is 0 Å². The third-order valence-corrected chi connectivity index (χ3v) is 5.73. The lowest BCUT2D eigenvalue weighted by molar-refractivity contribution is -0.125. The molecule has 0 aliphatic carbocycles. The van der Waals surface area contributed by atoms with Crippen LogP contribution in [0.15, 0.2) is 47.8 Å². The molecule has 1 aromatic carbocycles. The fourth-order valence-corrected chi connectivity index (χ4v) is 4.38. The highest BCUT2D eigenvalue weighted by Gasteiger charge is 2.39. The molecule has 1 amide bonds. The number of aromatic nitrogens is 1. The number of carbonyl (C=O) groups is 1. The predicted octanol–water partition coefficient (Wildman–Crippen LogP) is 4.24. The quantitative estimate of drug-likeness (QED) is 0.731. The van der Waals surface area contributed by atoms with Crippen molar-refractivity contribution < 1.29 is 9.53 Å². The molecule has 5 nitrogen and oxygen atoms in total. The number of hydrogen-bond acceptors (Lipinski definition) is 4. The SMILES string of the molecule is CC[C@@]1(c2cccs2)OCC(=O)Nc2ccc(-c3ccc(C#N)[nH]3)cc21. The van der Waals surface area contributed by atoms with Crippen molar-refractivity contribution in [2.45, 2.75) is 18.9 Å². The molecule has 3 heterocycles. The third-order valence-electron chi connectivity index (χ3n) is 4.71. The number of H-pyrrole nitrogens is 1. The van der Waals surface area contributed by atoms with Crippen LogP contribution in [0.3, 0.4) is 0 Å². The van der Waals surface area contributed by atoms with Crippen LogP contribution in [0.1, 0.15) is 29.5 Å². The molecule has 2 N–H and O–H groups in total. The van der Waals surface area contributed by atoms with E-state index in [9.17, 15) is 4.79 Å². The summed E-state index contributed by atoms with van der Waals surface area (Å²) in [5.74, 6) is -0.155. The maximum absolute atomic E-state index is 12.1. The minimum absolute atomic E-state index is 0.0107. The molecule has 2 aromatic heterocycles. The zero-order valence-electron chi connectivity index (χ0n) is 14.2. The highest BCUT2D eigenvalue weighted by molar-refractivity contribution is 7.10. The maximum atomic E-state index is 12.1. The Bertz CT molecular complexity index is 1000. The fraction of sp³-hybridized carbons (Fsp3) is 0.200. The highest BCUT2D eigenvalue weighted by atomic mass is 32.1. The smallest absolute Gasteiger partial charge is 0.250 e. The van der Waals surface area contributed by atoms with E-state index in [0.29, 0.717) is 12.1 Å². The molecule has 130 valence electrons. The summed E-state index contributed by atoms with van der Waals surface area (Å²) < 4.78 is 6.18. The Kier molecular flexibility index (Phi) is 4.11. The summed E-state index contributed by atoms with van der Waals surface area (Å²) in [6.45, 7) is 2.07. The second-order valence-electron chi connectivity index (χ2n) is 6.15. The molecule has 1 aliphatic heterocycles. The van der Waals surface area contributed by atoms with Crippen LogP contribution in [0.25, 0.3) is 11.3 Å². The van der Waals surface area contributed by atoms with E-state index in [4.69, 9.17) is 10.00 Å². The van der Waals surface area contributed by atoms with Gasteiger partial charge in [-0.1, -0.05) is 19.1 Å². The number of aromatic amines is 1. The number of nitriles is 1. The molecule has 0 radical (unpaired) electrons. The molecule has 1 atom stereocenters. The van der Waals surface area contributed by atoms with Crippen molar-refractivity contribution in [1.82, 2.24) is 4.98 Å². The van der Waals surface area contributed by atoms with Crippen LogP contribution >= 0.6 is 11.3 Å². The van der Waals surface area contributed by atoms with E-state index < -0.39 is 5.60 Å². The number of fused-ring (bicyclic) bond motifs is 1. The van der Waals surface area contributed by atoms with E-state index in [2.05, 4.69) is 23.3 Å². The van der Waals surface area contributed by atoms with Crippen LogP contribution in [0.2, 0.25) is 0 Å².